The molecule has 0 spiro atoms. The average molecular weight is 255 g/mol. The average Bonchev–Trinajstić information content (AvgIpc) is 2.76. The molecule has 0 amide bonds. The number of esters is 1. The summed E-state index contributed by atoms with van der Waals surface area (Å²) in [6.45, 7) is 9.09. The van der Waals surface area contributed by atoms with Crippen molar-refractivity contribution < 1.29 is 14.3 Å². The minimum absolute atomic E-state index is 0.00377. The predicted octanol–water partition coefficient (Wildman–Crippen LogP) is 1.59. The van der Waals surface area contributed by atoms with Crippen LogP contribution in [0.15, 0.2) is 0 Å². The first-order chi connectivity index (χ1) is 8.47. The fraction of sp³-hybridized carbons (Fsp3) is 0.929. The fourth-order valence-electron chi connectivity index (χ4n) is 2.93. The van der Waals surface area contributed by atoms with Gasteiger partial charge in [0.15, 0.2) is 0 Å². The van der Waals surface area contributed by atoms with Gasteiger partial charge in [-0.2, -0.15) is 0 Å². The molecule has 0 aromatic carbocycles. The Kier molecular flexibility index (Phi) is 4.28. The Labute approximate surface area is 109 Å². The molecule has 0 aliphatic carbocycles. The third-order valence-corrected chi connectivity index (χ3v) is 3.77. The maximum atomic E-state index is 12.2. The summed E-state index contributed by atoms with van der Waals surface area (Å²) in [5, 5.41) is 3.33. The van der Waals surface area contributed by atoms with Crippen LogP contribution in [0, 0.1) is 17.8 Å². The van der Waals surface area contributed by atoms with Gasteiger partial charge in [0.1, 0.15) is 5.60 Å². The molecule has 0 bridgehead atoms. The maximum Gasteiger partial charge on any atom is 0.311 e. The highest BCUT2D eigenvalue weighted by Crippen LogP contribution is 2.32. The highest BCUT2D eigenvalue weighted by molar-refractivity contribution is 5.74. The quantitative estimate of drug-likeness (QED) is 0.761. The van der Waals surface area contributed by atoms with Crippen molar-refractivity contribution in [1.82, 2.24) is 5.32 Å². The zero-order chi connectivity index (χ0) is 13.2. The second-order valence-corrected chi connectivity index (χ2v) is 6.44. The van der Waals surface area contributed by atoms with Crippen LogP contribution in [-0.2, 0) is 14.3 Å². The van der Waals surface area contributed by atoms with Crippen LogP contribution in [0.2, 0.25) is 0 Å². The summed E-state index contributed by atoms with van der Waals surface area (Å²) in [6.07, 6.45) is 2.29. The van der Waals surface area contributed by atoms with E-state index in [1.54, 1.807) is 0 Å². The second kappa shape index (κ2) is 5.57. The van der Waals surface area contributed by atoms with Crippen molar-refractivity contribution in [2.75, 3.05) is 26.3 Å². The lowest BCUT2D eigenvalue weighted by atomic mass is 9.81. The first-order valence-electron chi connectivity index (χ1n) is 6.99. The molecule has 2 aliphatic heterocycles. The molecule has 2 aliphatic rings. The van der Waals surface area contributed by atoms with Crippen molar-refractivity contribution >= 4 is 5.97 Å². The van der Waals surface area contributed by atoms with Gasteiger partial charge in [-0.1, -0.05) is 0 Å². The SMILES string of the molecule is CC(C)(C)OC(=O)C1CNCC1C1CCCOC1. The number of nitrogens with one attached hydrogen (secondary N) is 1. The Balaban J connectivity index is 1.96. The van der Waals surface area contributed by atoms with Crippen molar-refractivity contribution in [2.24, 2.45) is 17.8 Å². The number of ether oxygens (including phenoxy) is 2. The van der Waals surface area contributed by atoms with Crippen LogP contribution in [-0.4, -0.2) is 37.9 Å². The van der Waals surface area contributed by atoms with Gasteiger partial charge in [-0.15, -0.1) is 0 Å². The molecule has 3 unspecified atom stereocenters. The number of carbonyl (C=O) groups is 1. The van der Waals surface area contributed by atoms with Crippen molar-refractivity contribution in [3.63, 3.8) is 0 Å². The van der Waals surface area contributed by atoms with E-state index in [-0.39, 0.29) is 11.9 Å². The maximum absolute atomic E-state index is 12.2. The molecular weight excluding hydrogens is 230 g/mol. The topological polar surface area (TPSA) is 47.6 Å². The van der Waals surface area contributed by atoms with Crippen LogP contribution in [0.3, 0.4) is 0 Å². The van der Waals surface area contributed by atoms with E-state index < -0.39 is 5.60 Å². The van der Waals surface area contributed by atoms with E-state index in [4.69, 9.17) is 9.47 Å². The summed E-state index contributed by atoms with van der Waals surface area (Å²) >= 11 is 0. The van der Waals surface area contributed by atoms with Gasteiger partial charge >= 0.3 is 5.97 Å². The summed E-state index contributed by atoms with van der Waals surface area (Å²) in [7, 11) is 0. The lowest BCUT2D eigenvalue weighted by Crippen LogP contribution is -2.37. The molecule has 0 saturated carbocycles. The standard InChI is InChI=1S/C14H25NO3/c1-14(2,3)18-13(16)12-8-15-7-11(12)10-5-4-6-17-9-10/h10-12,15H,4-9H2,1-3H3. The van der Waals surface area contributed by atoms with Crippen LogP contribution in [0.1, 0.15) is 33.6 Å². The smallest absolute Gasteiger partial charge is 0.311 e. The Morgan fingerprint density at radius 1 is 1.33 bits per heavy atom. The van der Waals surface area contributed by atoms with Crippen molar-refractivity contribution in [3.8, 4) is 0 Å². The highest BCUT2D eigenvalue weighted by Gasteiger charge is 2.40. The Morgan fingerprint density at radius 2 is 2.11 bits per heavy atom. The van der Waals surface area contributed by atoms with E-state index in [2.05, 4.69) is 5.32 Å². The summed E-state index contributed by atoms with van der Waals surface area (Å²) in [6, 6.07) is 0. The van der Waals surface area contributed by atoms with Gasteiger partial charge in [-0.3, -0.25) is 4.79 Å². The molecule has 0 aromatic rings. The molecule has 2 saturated heterocycles. The van der Waals surface area contributed by atoms with Crippen LogP contribution in [0.5, 0.6) is 0 Å². The minimum Gasteiger partial charge on any atom is -0.460 e. The van der Waals surface area contributed by atoms with E-state index in [1.165, 1.54) is 6.42 Å². The number of carbonyl (C=O) groups excluding carboxylic acids is 1. The first kappa shape index (κ1) is 13.8. The van der Waals surface area contributed by atoms with Crippen LogP contribution in [0.4, 0.5) is 0 Å². The molecule has 0 radical (unpaired) electrons. The van der Waals surface area contributed by atoms with Crippen molar-refractivity contribution in [2.45, 2.75) is 39.2 Å². The summed E-state index contributed by atoms with van der Waals surface area (Å²) < 4.78 is 11.1. The summed E-state index contributed by atoms with van der Waals surface area (Å²) in [5.74, 6) is 0.824. The number of rotatable bonds is 2. The molecule has 4 heteroatoms. The molecule has 4 nitrogen and oxygen atoms in total. The zero-order valence-corrected chi connectivity index (χ0v) is 11.7. The largest absolute Gasteiger partial charge is 0.460 e. The van der Waals surface area contributed by atoms with Crippen LogP contribution >= 0.6 is 0 Å². The van der Waals surface area contributed by atoms with Crippen molar-refractivity contribution in [3.05, 3.63) is 0 Å². The van der Waals surface area contributed by atoms with Gasteiger partial charge in [-0.25, -0.2) is 0 Å². The van der Waals surface area contributed by atoms with Gasteiger partial charge in [0.05, 0.1) is 5.92 Å². The van der Waals surface area contributed by atoms with Gasteiger partial charge in [0.25, 0.3) is 0 Å². The molecule has 2 heterocycles. The Bertz CT molecular complexity index is 292. The molecular formula is C14H25NO3. The molecule has 104 valence electrons. The molecule has 2 fully saturated rings. The van der Waals surface area contributed by atoms with Gasteiger partial charge in [-0.05, 0) is 52.0 Å². The number of hydrogen-bond acceptors (Lipinski definition) is 4. The summed E-state index contributed by atoms with van der Waals surface area (Å²) in [4.78, 5) is 12.2. The van der Waals surface area contributed by atoms with E-state index in [0.717, 1.165) is 32.7 Å². The summed E-state index contributed by atoms with van der Waals surface area (Å²) in [5.41, 5.74) is -0.396. The van der Waals surface area contributed by atoms with Crippen LogP contribution in [0.25, 0.3) is 0 Å². The van der Waals surface area contributed by atoms with Crippen LogP contribution < -0.4 is 5.32 Å². The Hall–Kier alpha value is -0.610. The monoisotopic (exact) mass is 255 g/mol. The number of hydrogen-bond donors (Lipinski definition) is 1. The third kappa shape index (κ3) is 3.45. The molecule has 1 N–H and O–H groups in total. The lowest BCUT2D eigenvalue weighted by molar-refractivity contribution is -0.161. The lowest BCUT2D eigenvalue weighted by Gasteiger charge is -2.31. The van der Waals surface area contributed by atoms with Gasteiger partial charge in [0, 0.05) is 19.8 Å². The van der Waals surface area contributed by atoms with E-state index in [9.17, 15) is 4.79 Å². The van der Waals surface area contributed by atoms with Gasteiger partial charge in [0.2, 0.25) is 0 Å². The Morgan fingerprint density at radius 3 is 2.72 bits per heavy atom. The second-order valence-electron chi connectivity index (χ2n) is 6.44. The minimum atomic E-state index is -0.396. The predicted molar refractivity (Wildman–Crippen MR) is 69.2 cm³/mol. The normalized spacial score (nSPS) is 33.4. The fourth-order valence-corrected chi connectivity index (χ4v) is 2.93. The molecule has 0 aromatic heterocycles. The highest BCUT2D eigenvalue weighted by atomic mass is 16.6. The van der Waals surface area contributed by atoms with Crippen molar-refractivity contribution in [1.29, 1.82) is 0 Å². The zero-order valence-electron chi connectivity index (χ0n) is 11.7. The first-order valence-corrected chi connectivity index (χ1v) is 6.99. The van der Waals surface area contributed by atoms with E-state index >= 15 is 0 Å². The molecule has 2 rings (SSSR count). The third-order valence-electron chi connectivity index (χ3n) is 3.77. The van der Waals surface area contributed by atoms with E-state index in [1.807, 2.05) is 20.8 Å². The molecule has 3 atom stereocenters. The van der Waals surface area contributed by atoms with E-state index in [0.29, 0.717) is 11.8 Å². The van der Waals surface area contributed by atoms with Gasteiger partial charge < -0.3 is 14.8 Å². The molecule has 18 heavy (non-hydrogen) atoms.